The summed E-state index contributed by atoms with van der Waals surface area (Å²) in [5.74, 6) is 0. The van der Waals surface area contributed by atoms with Crippen LogP contribution < -0.4 is 10.0 Å². The second kappa shape index (κ2) is 5.97. The first-order valence-electron chi connectivity index (χ1n) is 6.15. The molecule has 19 heavy (non-hydrogen) atoms. The molecule has 1 aromatic carbocycles. The van der Waals surface area contributed by atoms with Gasteiger partial charge in [-0.25, -0.2) is 13.1 Å². The number of nitrogens with one attached hydrogen (secondary N) is 2. The van der Waals surface area contributed by atoms with Gasteiger partial charge in [0.25, 0.3) is 0 Å². The van der Waals surface area contributed by atoms with E-state index in [0.717, 1.165) is 12.8 Å². The maximum atomic E-state index is 12.0. The summed E-state index contributed by atoms with van der Waals surface area (Å²) in [6, 6.07) is 3.51. The van der Waals surface area contributed by atoms with Crippen molar-refractivity contribution in [2.45, 2.75) is 37.2 Å². The average molecular weight is 323 g/mol. The number of hydrogen-bond donors (Lipinski definition) is 2. The Morgan fingerprint density at radius 3 is 2.58 bits per heavy atom. The third-order valence-electron chi connectivity index (χ3n) is 2.92. The van der Waals surface area contributed by atoms with E-state index < -0.39 is 10.0 Å². The largest absolute Gasteiger partial charge is 0.310 e. The molecule has 2 rings (SSSR count). The Morgan fingerprint density at radius 1 is 1.32 bits per heavy atom. The van der Waals surface area contributed by atoms with Gasteiger partial charge in [0.1, 0.15) is 4.90 Å². The molecule has 0 saturated heterocycles. The molecule has 0 spiro atoms. The Balaban J connectivity index is 2.32. The number of hydrogen-bond acceptors (Lipinski definition) is 3. The van der Waals surface area contributed by atoms with Gasteiger partial charge in [-0.1, -0.05) is 30.1 Å². The highest BCUT2D eigenvalue weighted by Gasteiger charge is 2.24. The van der Waals surface area contributed by atoms with Crippen molar-refractivity contribution in [2.24, 2.45) is 0 Å². The molecular formula is C12H16Cl2N2O2S. The van der Waals surface area contributed by atoms with Crippen LogP contribution >= 0.6 is 23.2 Å². The van der Waals surface area contributed by atoms with Crippen LogP contribution in [0.4, 0.5) is 0 Å². The standard InChI is InChI=1S/C12H16Cl2N2O2S/c1-2-16-19(17,18)11-6-5-10(13)9(12(11)14)7-15-8-3-4-8/h5-6,8,15-16H,2-4,7H2,1H3. The summed E-state index contributed by atoms with van der Waals surface area (Å²) in [7, 11) is -3.57. The molecule has 0 amide bonds. The number of sulfonamides is 1. The molecule has 4 nitrogen and oxygen atoms in total. The predicted octanol–water partition coefficient (Wildman–Crippen LogP) is 2.54. The van der Waals surface area contributed by atoms with Crippen LogP contribution in [-0.4, -0.2) is 21.0 Å². The molecule has 1 aliphatic carbocycles. The van der Waals surface area contributed by atoms with Crippen molar-refractivity contribution in [1.29, 1.82) is 0 Å². The first kappa shape index (κ1) is 15.1. The van der Waals surface area contributed by atoms with E-state index >= 15 is 0 Å². The molecule has 7 heteroatoms. The quantitative estimate of drug-likeness (QED) is 0.846. The molecule has 106 valence electrons. The Labute approximate surface area is 123 Å². The monoisotopic (exact) mass is 322 g/mol. The molecule has 1 saturated carbocycles. The van der Waals surface area contributed by atoms with Gasteiger partial charge in [-0.3, -0.25) is 0 Å². The summed E-state index contributed by atoms with van der Waals surface area (Å²) in [6.07, 6.45) is 2.29. The van der Waals surface area contributed by atoms with E-state index in [1.807, 2.05) is 0 Å². The molecule has 0 aromatic heterocycles. The van der Waals surface area contributed by atoms with Gasteiger partial charge in [0.05, 0.1) is 5.02 Å². The predicted molar refractivity (Wildman–Crippen MR) is 77.2 cm³/mol. The molecule has 0 bridgehead atoms. The fourth-order valence-corrected chi connectivity index (χ4v) is 3.70. The zero-order chi connectivity index (χ0) is 14.0. The van der Waals surface area contributed by atoms with E-state index in [4.69, 9.17) is 23.2 Å². The smallest absolute Gasteiger partial charge is 0.242 e. The van der Waals surface area contributed by atoms with E-state index in [-0.39, 0.29) is 9.92 Å². The van der Waals surface area contributed by atoms with Gasteiger partial charge in [0.2, 0.25) is 10.0 Å². The Kier molecular flexibility index (Phi) is 4.74. The summed E-state index contributed by atoms with van der Waals surface area (Å²) in [5, 5.41) is 3.96. The van der Waals surface area contributed by atoms with E-state index in [0.29, 0.717) is 29.7 Å². The molecule has 1 aromatic rings. The zero-order valence-electron chi connectivity index (χ0n) is 10.5. The van der Waals surface area contributed by atoms with Crippen molar-refractivity contribution in [3.05, 3.63) is 27.7 Å². The van der Waals surface area contributed by atoms with Gasteiger partial charge < -0.3 is 5.32 Å². The van der Waals surface area contributed by atoms with Gasteiger partial charge in [0, 0.05) is 29.7 Å². The summed E-state index contributed by atoms with van der Waals surface area (Å²) in [4.78, 5) is 0.0769. The van der Waals surface area contributed by atoms with E-state index in [2.05, 4.69) is 10.0 Å². The zero-order valence-corrected chi connectivity index (χ0v) is 12.9. The van der Waals surface area contributed by atoms with Crippen LogP contribution in [0.3, 0.4) is 0 Å². The maximum absolute atomic E-state index is 12.0. The first-order chi connectivity index (χ1) is 8.95. The molecule has 1 aliphatic rings. The van der Waals surface area contributed by atoms with Crippen molar-refractivity contribution in [1.82, 2.24) is 10.0 Å². The highest BCUT2D eigenvalue weighted by molar-refractivity contribution is 7.89. The normalized spacial score (nSPS) is 15.7. The average Bonchev–Trinajstić information content (AvgIpc) is 3.12. The van der Waals surface area contributed by atoms with Crippen LogP contribution in [-0.2, 0) is 16.6 Å². The Morgan fingerprint density at radius 2 is 2.00 bits per heavy atom. The second-order valence-corrected chi connectivity index (χ2v) is 7.02. The van der Waals surface area contributed by atoms with E-state index in [9.17, 15) is 8.42 Å². The third-order valence-corrected chi connectivity index (χ3v) is 5.41. The van der Waals surface area contributed by atoms with Crippen molar-refractivity contribution in [2.75, 3.05) is 6.54 Å². The Hall–Kier alpha value is -0.330. The van der Waals surface area contributed by atoms with Crippen molar-refractivity contribution >= 4 is 33.2 Å². The molecule has 0 heterocycles. The highest BCUT2D eigenvalue weighted by atomic mass is 35.5. The minimum absolute atomic E-state index is 0.0769. The second-order valence-electron chi connectivity index (χ2n) is 4.49. The lowest BCUT2D eigenvalue weighted by Crippen LogP contribution is -2.24. The van der Waals surface area contributed by atoms with Crippen molar-refractivity contribution < 1.29 is 8.42 Å². The van der Waals surface area contributed by atoms with Crippen LogP contribution in [0.2, 0.25) is 10.0 Å². The van der Waals surface area contributed by atoms with Crippen molar-refractivity contribution in [3.8, 4) is 0 Å². The van der Waals surface area contributed by atoms with Gasteiger partial charge in [-0.2, -0.15) is 0 Å². The van der Waals surface area contributed by atoms with Gasteiger partial charge >= 0.3 is 0 Å². The fraction of sp³-hybridized carbons (Fsp3) is 0.500. The summed E-state index contributed by atoms with van der Waals surface area (Å²) < 4.78 is 26.4. The first-order valence-corrected chi connectivity index (χ1v) is 8.39. The summed E-state index contributed by atoms with van der Waals surface area (Å²) >= 11 is 12.3. The molecule has 0 atom stereocenters. The molecule has 2 N–H and O–H groups in total. The number of halogens is 2. The van der Waals surface area contributed by atoms with Crippen LogP contribution in [0.25, 0.3) is 0 Å². The molecular weight excluding hydrogens is 307 g/mol. The molecule has 1 fully saturated rings. The minimum atomic E-state index is -3.57. The van der Waals surface area contributed by atoms with Crippen LogP contribution in [0.5, 0.6) is 0 Å². The van der Waals surface area contributed by atoms with Crippen LogP contribution in [0.1, 0.15) is 25.3 Å². The van der Waals surface area contributed by atoms with Gasteiger partial charge in [-0.05, 0) is 25.0 Å². The lowest BCUT2D eigenvalue weighted by Gasteiger charge is -2.13. The lowest BCUT2D eigenvalue weighted by molar-refractivity contribution is 0.583. The maximum Gasteiger partial charge on any atom is 0.242 e. The number of rotatable bonds is 6. The summed E-state index contributed by atoms with van der Waals surface area (Å²) in [5.41, 5.74) is 0.634. The van der Waals surface area contributed by atoms with Crippen LogP contribution in [0.15, 0.2) is 17.0 Å². The van der Waals surface area contributed by atoms with Crippen LogP contribution in [0, 0.1) is 0 Å². The third kappa shape index (κ3) is 3.61. The molecule has 0 radical (unpaired) electrons. The van der Waals surface area contributed by atoms with Crippen molar-refractivity contribution in [3.63, 3.8) is 0 Å². The SMILES string of the molecule is CCNS(=O)(=O)c1ccc(Cl)c(CNC2CC2)c1Cl. The van der Waals surface area contributed by atoms with Gasteiger partial charge in [0.15, 0.2) is 0 Å². The Bertz CT molecular complexity index is 571. The fourth-order valence-electron chi connectivity index (χ4n) is 1.75. The number of benzene rings is 1. The lowest BCUT2D eigenvalue weighted by atomic mass is 10.2. The highest BCUT2D eigenvalue weighted by Crippen LogP contribution is 2.31. The molecule has 0 unspecified atom stereocenters. The molecule has 0 aliphatic heterocycles. The van der Waals surface area contributed by atoms with E-state index in [1.165, 1.54) is 6.07 Å². The topological polar surface area (TPSA) is 58.2 Å². The van der Waals surface area contributed by atoms with E-state index in [1.54, 1.807) is 13.0 Å². The minimum Gasteiger partial charge on any atom is -0.310 e. The van der Waals surface area contributed by atoms with Gasteiger partial charge in [-0.15, -0.1) is 0 Å². The summed E-state index contributed by atoms with van der Waals surface area (Å²) in [6.45, 7) is 2.52.